The number of hydrogen-bond donors (Lipinski definition) is 2. The second-order valence-electron chi connectivity index (χ2n) is 3.77. The summed E-state index contributed by atoms with van der Waals surface area (Å²) in [6, 6.07) is -0.568. The molecule has 0 aromatic carbocycles. The van der Waals surface area contributed by atoms with Crippen LogP contribution in [0.3, 0.4) is 0 Å². The highest BCUT2D eigenvalue weighted by Crippen LogP contribution is 2.02. The number of ether oxygens (including phenoxy) is 1. The van der Waals surface area contributed by atoms with Gasteiger partial charge in [0.05, 0.1) is 7.11 Å². The fraction of sp³-hybridized carbons (Fsp3) is 0.818. The van der Waals surface area contributed by atoms with Gasteiger partial charge in [-0.05, 0) is 26.3 Å². The monoisotopic (exact) mass is 230 g/mol. The maximum Gasteiger partial charge on any atom is 0.328 e. The largest absolute Gasteiger partial charge is 0.467 e. The van der Waals surface area contributed by atoms with Crippen LogP contribution in [0.15, 0.2) is 0 Å². The molecule has 0 spiro atoms. The number of rotatable bonds is 8. The van der Waals surface area contributed by atoms with E-state index in [-0.39, 0.29) is 5.91 Å². The molecule has 0 saturated heterocycles. The fourth-order valence-electron chi connectivity index (χ4n) is 1.33. The molecule has 0 aliphatic carbocycles. The smallest absolute Gasteiger partial charge is 0.328 e. The van der Waals surface area contributed by atoms with Crippen molar-refractivity contribution in [2.75, 3.05) is 13.7 Å². The number of nitrogens with one attached hydrogen (secondary N) is 1. The van der Waals surface area contributed by atoms with Crippen molar-refractivity contribution >= 4 is 11.9 Å². The minimum Gasteiger partial charge on any atom is -0.467 e. The summed E-state index contributed by atoms with van der Waals surface area (Å²) in [5.74, 6) is -0.526. The standard InChI is InChI=1S/C11H22N2O3/c1-9(11(15)16-2)13-10(14)7-5-3-4-6-8-12/h9H,3-8,12H2,1-2H3,(H,13,14)/t9-/m1/s1. The first kappa shape index (κ1) is 14.9. The molecule has 94 valence electrons. The molecule has 0 aliphatic heterocycles. The van der Waals surface area contributed by atoms with Crippen LogP contribution in [0.4, 0.5) is 0 Å². The number of hydrogen-bond acceptors (Lipinski definition) is 4. The first-order valence-electron chi connectivity index (χ1n) is 5.69. The highest BCUT2D eigenvalue weighted by atomic mass is 16.5. The quantitative estimate of drug-likeness (QED) is 0.472. The lowest BCUT2D eigenvalue weighted by Crippen LogP contribution is -2.38. The van der Waals surface area contributed by atoms with Gasteiger partial charge in [-0.3, -0.25) is 4.79 Å². The Balaban J connectivity index is 3.54. The zero-order valence-corrected chi connectivity index (χ0v) is 10.1. The molecule has 1 amide bonds. The van der Waals surface area contributed by atoms with Gasteiger partial charge in [0.25, 0.3) is 0 Å². The van der Waals surface area contributed by atoms with E-state index in [0.717, 1.165) is 25.7 Å². The van der Waals surface area contributed by atoms with Crippen LogP contribution in [0.1, 0.15) is 39.0 Å². The van der Waals surface area contributed by atoms with E-state index < -0.39 is 12.0 Å². The summed E-state index contributed by atoms with van der Waals surface area (Å²) in [6.45, 7) is 2.31. The summed E-state index contributed by atoms with van der Waals surface area (Å²) in [5, 5.41) is 2.58. The Bertz CT molecular complexity index is 219. The highest BCUT2D eigenvalue weighted by molar-refractivity contribution is 5.83. The van der Waals surface area contributed by atoms with Gasteiger partial charge in [0.2, 0.25) is 5.91 Å². The van der Waals surface area contributed by atoms with E-state index >= 15 is 0 Å². The Morgan fingerprint density at radius 3 is 2.44 bits per heavy atom. The maximum atomic E-state index is 11.4. The molecule has 0 radical (unpaired) electrons. The zero-order valence-electron chi connectivity index (χ0n) is 10.1. The minimum atomic E-state index is -0.568. The number of carbonyl (C=O) groups is 2. The van der Waals surface area contributed by atoms with E-state index in [0.29, 0.717) is 13.0 Å². The van der Waals surface area contributed by atoms with Crippen LogP contribution in [-0.2, 0) is 14.3 Å². The third kappa shape index (κ3) is 7.23. The van der Waals surface area contributed by atoms with E-state index in [1.807, 2.05) is 0 Å². The molecule has 0 rings (SSSR count). The molecule has 0 aromatic rings. The Kier molecular flexibility index (Phi) is 8.52. The van der Waals surface area contributed by atoms with Crippen LogP contribution in [0.5, 0.6) is 0 Å². The Morgan fingerprint density at radius 2 is 1.88 bits per heavy atom. The van der Waals surface area contributed by atoms with Crippen LogP contribution < -0.4 is 11.1 Å². The number of unbranched alkanes of at least 4 members (excludes halogenated alkanes) is 3. The molecular formula is C11H22N2O3. The molecule has 0 unspecified atom stereocenters. The van der Waals surface area contributed by atoms with Gasteiger partial charge in [0, 0.05) is 6.42 Å². The number of carbonyl (C=O) groups excluding carboxylic acids is 2. The number of nitrogens with two attached hydrogens (primary N) is 1. The lowest BCUT2D eigenvalue weighted by atomic mass is 10.1. The summed E-state index contributed by atoms with van der Waals surface area (Å²) in [7, 11) is 1.30. The van der Waals surface area contributed by atoms with Crippen LogP contribution in [0.25, 0.3) is 0 Å². The topological polar surface area (TPSA) is 81.4 Å². The second kappa shape index (κ2) is 9.15. The Morgan fingerprint density at radius 1 is 1.25 bits per heavy atom. The molecule has 5 nitrogen and oxygen atoms in total. The molecule has 16 heavy (non-hydrogen) atoms. The van der Waals surface area contributed by atoms with Crippen molar-refractivity contribution in [1.82, 2.24) is 5.32 Å². The maximum absolute atomic E-state index is 11.4. The normalized spacial score (nSPS) is 11.9. The van der Waals surface area contributed by atoms with Crippen LogP contribution in [0.2, 0.25) is 0 Å². The predicted molar refractivity (Wildman–Crippen MR) is 61.8 cm³/mol. The van der Waals surface area contributed by atoms with Gasteiger partial charge in [-0.1, -0.05) is 12.8 Å². The molecule has 0 bridgehead atoms. The summed E-state index contributed by atoms with van der Waals surface area (Å²) >= 11 is 0. The lowest BCUT2D eigenvalue weighted by molar-refractivity contribution is -0.144. The first-order valence-corrected chi connectivity index (χ1v) is 5.69. The van der Waals surface area contributed by atoms with Gasteiger partial charge in [-0.25, -0.2) is 4.79 Å². The number of methoxy groups -OCH3 is 1. The van der Waals surface area contributed by atoms with E-state index in [1.165, 1.54) is 7.11 Å². The third-order valence-electron chi connectivity index (χ3n) is 2.29. The summed E-state index contributed by atoms with van der Waals surface area (Å²) in [5.41, 5.74) is 5.35. The molecule has 0 saturated carbocycles. The number of amides is 1. The van der Waals surface area contributed by atoms with Gasteiger partial charge in [0.1, 0.15) is 6.04 Å². The zero-order chi connectivity index (χ0) is 12.4. The highest BCUT2D eigenvalue weighted by Gasteiger charge is 2.14. The average molecular weight is 230 g/mol. The molecule has 3 N–H and O–H groups in total. The van der Waals surface area contributed by atoms with Crippen molar-refractivity contribution in [2.45, 2.75) is 45.1 Å². The van der Waals surface area contributed by atoms with E-state index in [1.54, 1.807) is 6.92 Å². The molecule has 0 fully saturated rings. The van der Waals surface area contributed by atoms with E-state index in [2.05, 4.69) is 10.1 Å². The molecular weight excluding hydrogens is 208 g/mol. The van der Waals surface area contributed by atoms with Crippen molar-refractivity contribution in [1.29, 1.82) is 0 Å². The SMILES string of the molecule is COC(=O)[C@@H](C)NC(=O)CCCCCCN. The molecule has 0 aromatic heterocycles. The molecule has 5 heteroatoms. The molecule has 0 heterocycles. The van der Waals surface area contributed by atoms with Crippen LogP contribution in [-0.4, -0.2) is 31.6 Å². The van der Waals surface area contributed by atoms with Crippen molar-refractivity contribution in [3.05, 3.63) is 0 Å². The average Bonchev–Trinajstić information content (AvgIpc) is 2.27. The van der Waals surface area contributed by atoms with Gasteiger partial charge >= 0.3 is 5.97 Å². The number of esters is 1. The van der Waals surface area contributed by atoms with Gasteiger partial charge in [-0.2, -0.15) is 0 Å². The predicted octanol–water partition coefficient (Wildman–Crippen LogP) is 0.573. The van der Waals surface area contributed by atoms with Crippen molar-refractivity contribution < 1.29 is 14.3 Å². The van der Waals surface area contributed by atoms with Crippen molar-refractivity contribution in [3.8, 4) is 0 Å². The van der Waals surface area contributed by atoms with Gasteiger partial charge < -0.3 is 15.8 Å². The lowest BCUT2D eigenvalue weighted by Gasteiger charge is -2.11. The van der Waals surface area contributed by atoms with Crippen molar-refractivity contribution in [3.63, 3.8) is 0 Å². The van der Waals surface area contributed by atoms with Gasteiger partial charge in [0.15, 0.2) is 0 Å². The summed E-state index contributed by atoms with van der Waals surface area (Å²) in [4.78, 5) is 22.4. The Hall–Kier alpha value is -1.10. The van der Waals surface area contributed by atoms with Gasteiger partial charge in [-0.15, -0.1) is 0 Å². The van der Waals surface area contributed by atoms with Crippen LogP contribution >= 0.6 is 0 Å². The minimum absolute atomic E-state index is 0.106. The second-order valence-corrected chi connectivity index (χ2v) is 3.77. The molecule has 1 atom stereocenters. The van der Waals surface area contributed by atoms with Crippen molar-refractivity contribution in [2.24, 2.45) is 5.73 Å². The Labute approximate surface area is 96.7 Å². The first-order chi connectivity index (χ1) is 7.61. The third-order valence-corrected chi connectivity index (χ3v) is 2.29. The molecule has 0 aliphatic rings. The van der Waals surface area contributed by atoms with E-state index in [4.69, 9.17) is 5.73 Å². The summed E-state index contributed by atoms with van der Waals surface area (Å²) < 4.78 is 4.50. The summed E-state index contributed by atoms with van der Waals surface area (Å²) in [6.07, 6.45) is 4.33. The van der Waals surface area contributed by atoms with Crippen LogP contribution in [0, 0.1) is 0 Å². The van der Waals surface area contributed by atoms with E-state index in [9.17, 15) is 9.59 Å². The fourth-order valence-corrected chi connectivity index (χ4v) is 1.33.